The van der Waals surface area contributed by atoms with Crippen LogP contribution in [0.4, 0.5) is 0 Å². The van der Waals surface area contributed by atoms with Gasteiger partial charge in [-0.3, -0.25) is 5.10 Å². The van der Waals surface area contributed by atoms with Gasteiger partial charge in [0.2, 0.25) is 0 Å². The highest BCUT2D eigenvalue weighted by Gasteiger charge is 2.17. The van der Waals surface area contributed by atoms with Crippen LogP contribution < -0.4 is 5.73 Å². The van der Waals surface area contributed by atoms with Crippen molar-refractivity contribution in [2.24, 2.45) is 5.73 Å². The molecule has 3 heteroatoms. The highest BCUT2D eigenvalue weighted by molar-refractivity contribution is 5.16. The quantitative estimate of drug-likeness (QED) is 0.728. The van der Waals surface area contributed by atoms with Crippen molar-refractivity contribution in [2.45, 2.75) is 45.6 Å². The molecule has 1 unspecified atom stereocenters. The van der Waals surface area contributed by atoms with E-state index in [1.54, 1.807) is 0 Å². The SMILES string of the molecule is CC(N)Cc1cc(C(C)(C)C)n[nH]1. The number of aromatic nitrogens is 2. The molecule has 13 heavy (non-hydrogen) atoms. The summed E-state index contributed by atoms with van der Waals surface area (Å²) >= 11 is 0. The summed E-state index contributed by atoms with van der Waals surface area (Å²) in [5.74, 6) is 0. The van der Waals surface area contributed by atoms with Crippen LogP contribution in [-0.4, -0.2) is 16.2 Å². The molecule has 1 heterocycles. The van der Waals surface area contributed by atoms with E-state index in [4.69, 9.17) is 5.73 Å². The van der Waals surface area contributed by atoms with Crippen LogP contribution in [0.5, 0.6) is 0 Å². The van der Waals surface area contributed by atoms with Gasteiger partial charge in [0.1, 0.15) is 0 Å². The summed E-state index contributed by atoms with van der Waals surface area (Å²) in [6, 6.07) is 2.29. The number of aromatic amines is 1. The number of nitrogens with two attached hydrogens (primary N) is 1. The van der Waals surface area contributed by atoms with Crippen molar-refractivity contribution in [3.63, 3.8) is 0 Å². The molecule has 0 spiro atoms. The molecule has 0 saturated heterocycles. The summed E-state index contributed by atoms with van der Waals surface area (Å²) in [6.45, 7) is 8.45. The molecule has 0 aromatic carbocycles. The van der Waals surface area contributed by atoms with E-state index in [1.165, 1.54) is 0 Å². The minimum Gasteiger partial charge on any atom is -0.328 e. The third-order valence-corrected chi connectivity index (χ3v) is 1.94. The van der Waals surface area contributed by atoms with Crippen LogP contribution in [0.25, 0.3) is 0 Å². The standard InChI is InChI=1S/C10H19N3/c1-7(11)5-8-6-9(13-12-8)10(2,3)4/h6-7H,5,11H2,1-4H3,(H,12,13). The lowest BCUT2D eigenvalue weighted by atomic mass is 9.92. The van der Waals surface area contributed by atoms with Crippen molar-refractivity contribution in [1.82, 2.24) is 10.2 Å². The van der Waals surface area contributed by atoms with Gasteiger partial charge in [0.25, 0.3) is 0 Å². The van der Waals surface area contributed by atoms with Crippen LogP contribution in [-0.2, 0) is 11.8 Å². The third kappa shape index (κ3) is 2.84. The van der Waals surface area contributed by atoms with Gasteiger partial charge >= 0.3 is 0 Å². The van der Waals surface area contributed by atoms with E-state index < -0.39 is 0 Å². The fourth-order valence-electron chi connectivity index (χ4n) is 1.20. The molecule has 0 aliphatic rings. The van der Waals surface area contributed by atoms with Crippen LogP contribution in [0.3, 0.4) is 0 Å². The smallest absolute Gasteiger partial charge is 0.0678 e. The zero-order valence-corrected chi connectivity index (χ0v) is 8.89. The van der Waals surface area contributed by atoms with Crippen molar-refractivity contribution in [1.29, 1.82) is 0 Å². The largest absolute Gasteiger partial charge is 0.328 e. The lowest BCUT2D eigenvalue weighted by Crippen LogP contribution is -2.17. The van der Waals surface area contributed by atoms with Gasteiger partial charge in [0.05, 0.1) is 5.69 Å². The average molecular weight is 181 g/mol. The molecule has 0 radical (unpaired) electrons. The minimum absolute atomic E-state index is 0.118. The van der Waals surface area contributed by atoms with Crippen molar-refractivity contribution in [2.75, 3.05) is 0 Å². The van der Waals surface area contributed by atoms with Gasteiger partial charge in [-0.1, -0.05) is 20.8 Å². The Kier molecular flexibility index (Phi) is 2.76. The molecule has 1 atom stereocenters. The summed E-state index contributed by atoms with van der Waals surface area (Å²) in [7, 11) is 0. The molecule has 1 rings (SSSR count). The maximum atomic E-state index is 5.69. The average Bonchev–Trinajstić information content (AvgIpc) is 2.32. The van der Waals surface area contributed by atoms with Gasteiger partial charge in [-0.05, 0) is 13.0 Å². The van der Waals surface area contributed by atoms with Crippen LogP contribution in [0.1, 0.15) is 39.1 Å². The molecule has 1 aromatic heterocycles. The van der Waals surface area contributed by atoms with E-state index in [9.17, 15) is 0 Å². The van der Waals surface area contributed by atoms with E-state index in [-0.39, 0.29) is 11.5 Å². The highest BCUT2D eigenvalue weighted by Crippen LogP contribution is 2.20. The second-order valence-electron chi connectivity index (χ2n) is 4.71. The van der Waals surface area contributed by atoms with E-state index in [1.807, 2.05) is 6.92 Å². The van der Waals surface area contributed by atoms with Gasteiger partial charge < -0.3 is 5.73 Å². The normalized spacial score (nSPS) is 14.5. The first-order valence-corrected chi connectivity index (χ1v) is 4.70. The van der Waals surface area contributed by atoms with Crippen LogP contribution in [0.2, 0.25) is 0 Å². The molecular formula is C10H19N3. The Bertz CT molecular complexity index is 268. The Morgan fingerprint density at radius 2 is 2.15 bits per heavy atom. The van der Waals surface area contributed by atoms with Gasteiger partial charge in [0.15, 0.2) is 0 Å². The first kappa shape index (κ1) is 10.3. The van der Waals surface area contributed by atoms with E-state index in [0.717, 1.165) is 17.8 Å². The molecule has 74 valence electrons. The first-order chi connectivity index (χ1) is 5.89. The third-order valence-electron chi connectivity index (χ3n) is 1.94. The first-order valence-electron chi connectivity index (χ1n) is 4.70. The number of nitrogens with zero attached hydrogens (tertiary/aromatic N) is 1. The van der Waals surface area contributed by atoms with Gasteiger partial charge in [-0.2, -0.15) is 5.10 Å². The second kappa shape index (κ2) is 3.50. The van der Waals surface area contributed by atoms with E-state index in [0.29, 0.717) is 0 Å². The molecule has 0 saturated carbocycles. The molecule has 0 aliphatic carbocycles. The van der Waals surface area contributed by atoms with Crippen molar-refractivity contribution >= 4 is 0 Å². The molecule has 3 N–H and O–H groups in total. The molecular weight excluding hydrogens is 162 g/mol. The fourth-order valence-corrected chi connectivity index (χ4v) is 1.20. The maximum Gasteiger partial charge on any atom is 0.0678 e. The summed E-state index contributed by atoms with van der Waals surface area (Å²) in [5.41, 5.74) is 8.04. The molecule has 1 aromatic rings. The topological polar surface area (TPSA) is 54.7 Å². The maximum absolute atomic E-state index is 5.69. The van der Waals surface area contributed by atoms with Crippen LogP contribution in [0.15, 0.2) is 6.07 Å². The molecule has 0 amide bonds. The summed E-state index contributed by atoms with van der Waals surface area (Å²) in [6.07, 6.45) is 0.864. The Morgan fingerprint density at radius 1 is 1.54 bits per heavy atom. The second-order valence-corrected chi connectivity index (χ2v) is 4.71. The zero-order chi connectivity index (χ0) is 10.1. The van der Waals surface area contributed by atoms with Crippen molar-refractivity contribution in [3.8, 4) is 0 Å². The van der Waals surface area contributed by atoms with Gasteiger partial charge in [-0.15, -0.1) is 0 Å². The monoisotopic (exact) mass is 181 g/mol. The summed E-state index contributed by atoms with van der Waals surface area (Å²) in [4.78, 5) is 0. The van der Waals surface area contributed by atoms with Gasteiger partial charge in [0, 0.05) is 23.6 Å². The highest BCUT2D eigenvalue weighted by atomic mass is 15.1. The lowest BCUT2D eigenvalue weighted by molar-refractivity contribution is 0.567. The molecule has 3 nitrogen and oxygen atoms in total. The Balaban J connectivity index is 2.75. The number of hydrogen-bond donors (Lipinski definition) is 2. The Labute approximate surface area is 79.7 Å². The fraction of sp³-hybridized carbons (Fsp3) is 0.700. The van der Waals surface area contributed by atoms with Crippen LogP contribution in [0, 0.1) is 0 Å². The number of nitrogens with one attached hydrogen (secondary N) is 1. The van der Waals surface area contributed by atoms with Crippen LogP contribution >= 0.6 is 0 Å². The van der Waals surface area contributed by atoms with Crippen molar-refractivity contribution < 1.29 is 0 Å². The number of hydrogen-bond acceptors (Lipinski definition) is 2. The van der Waals surface area contributed by atoms with E-state index in [2.05, 4.69) is 37.0 Å². The predicted octanol–water partition coefficient (Wildman–Crippen LogP) is 1.60. The molecule has 0 bridgehead atoms. The number of H-pyrrole nitrogens is 1. The predicted molar refractivity (Wildman–Crippen MR) is 54.6 cm³/mol. The number of rotatable bonds is 2. The van der Waals surface area contributed by atoms with E-state index >= 15 is 0 Å². The molecule has 0 fully saturated rings. The Morgan fingerprint density at radius 3 is 2.54 bits per heavy atom. The minimum atomic E-state index is 0.118. The summed E-state index contributed by atoms with van der Waals surface area (Å²) in [5, 5.41) is 7.27. The zero-order valence-electron chi connectivity index (χ0n) is 8.89. The lowest BCUT2D eigenvalue weighted by Gasteiger charge is -2.13. The van der Waals surface area contributed by atoms with Crippen molar-refractivity contribution in [3.05, 3.63) is 17.5 Å². The molecule has 0 aliphatic heterocycles. The Hall–Kier alpha value is -0.830. The van der Waals surface area contributed by atoms with Gasteiger partial charge in [-0.25, -0.2) is 0 Å². The summed E-state index contributed by atoms with van der Waals surface area (Å²) < 4.78 is 0.